The number of amides is 1. The third-order valence-corrected chi connectivity index (χ3v) is 4.60. The summed E-state index contributed by atoms with van der Waals surface area (Å²) in [5, 5.41) is 0. The summed E-state index contributed by atoms with van der Waals surface area (Å²) in [7, 11) is 1.59. The van der Waals surface area contributed by atoms with Gasteiger partial charge in [0.05, 0.1) is 19.2 Å². The van der Waals surface area contributed by atoms with Gasteiger partial charge in [0.25, 0.3) is 5.91 Å². The minimum absolute atomic E-state index is 0.0308. The Kier molecular flexibility index (Phi) is 5.30. The molecule has 0 unspecified atom stereocenters. The van der Waals surface area contributed by atoms with Gasteiger partial charge in [0.2, 0.25) is 5.88 Å². The molecule has 1 atom stereocenters. The van der Waals surface area contributed by atoms with Gasteiger partial charge in [0.15, 0.2) is 0 Å². The first-order valence-electron chi connectivity index (χ1n) is 7.73. The van der Waals surface area contributed by atoms with Crippen LogP contribution in [0.3, 0.4) is 0 Å². The number of rotatable bonds is 4. The monoisotopic (exact) mass is 391 g/mol. The minimum atomic E-state index is -0.0676. The lowest BCUT2D eigenvalue weighted by Gasteiger charge is -2.32. The molecule has 6 nitrogen and oxygen atoms in total. The van der Waals surface area contributed by atoms with Crippen molar-refractivity contribution >= 4 is 21.8 Å². The molecule has 1 aliphatic rings. The van der Waals surface area contributed by atoms with Crippen LogP contribution in [0.25, 0.3) is 0 Å². The first-order valence-corrected chi connectivity index (χ1v) is 8.52. The van der Waals surface area contributed by atoms with E-state index in [1.54, 1.807) is 25.4 Å². The van der Waals surface area contributed by atoms with Crippen molar-refractivity contribution < 1.29 is 14.3 Å². The Morgan fingerprint density at radius 1 is 1.38 bits per heavy atom. The number of halogens is 1. The first kappa shape index (κ1) is 16.7. The molecule has 3 rings (SSSR count). The number of ether oxygens (including phenoxy) is 2. The average molecular weight is 392 g/mol. The predicted molar refractivity (Wildman–Crippen MR) is 92.3 cm³/mol. The number of nitrogens with zero attached hydrogens (tertiary/aromatic N) is 3. The molecule has 0 N–H and O–H groups in total. The zero-order valence-electron chi connectivity index (χ0n) is 13.3. The fraction of sp³-hybridized carbons (Fsp3) is 0.353. The number of piperidine rings is 1. The van der Waals surface area contributed by atoms with E-state index in [-0.39, 0.29) is 12.0 Å². The van der Waals surface area contributed by atoms with Crippen LogP contribution in [0, 0.1) is 0 Å². The van der Waals surface area contributed by atoms with E-state index in [0.29, 0.717) is 30.3 Å². The molecular formula is C17H18BrN3O3. The Morgan fingerprint density at radius 2 is 2.25 bits per heavy atom. The van der Waals surface area contributed by atoms with E-state index < -0.39 is 0 Å². The van der Waals surface area contributed by atoms with E-state index in [2.05, 4.69) is 25.9 Å². The maximum atomic E-state index is 12.8. The zero-order valence-corrected chi connectivity index (χ0v) is 14.9. The summed E-state index contributed by atoms with van der Waals surface area (Å²) < 4.78 is 11.8. The van der Waals surface area contributed by atoms with Crippen LogP contribution in [-0.2, 0) is 0 Å². The van der Waals surface area contributed by atoms with Crippen LogP contribution >= 0.6 is 15.9 Å². The Bertz CT molecular complexity index is 711. The van der Waals surface area contributed by atoms with E-state index in [1.807, 2.05) is 17.0 Å². The fourth-order valence-electron chi connectivity index (χ4n) is 2.70. The molecule has 1 amide bonds. The van der Waals surface area contributed by atoms with Crippen LogP contribution in [0.4, 0.5) is 0 Å². The van der Waals surface area contributed by atoms with Gasteiger partial charge in [-0.2, -0.15) is 0 Å². The summed E-state index contributed by atoms with van der Waals surface area (Å²) in [5.41, 5.74) is 0.594. The number of aromatic nitrogens is 2. The predicted octanol–water partition coefficient (Wildman–Crippen LogP) is 2.93. The molecule has 0 bridgehead atoms. The highest BCUT2D eigenvalue weighted by Crippen LogP contribution is 2.25. The van der Waals surface area contributed by atoms with E-state index in [9.17, 15) is 4.79 Å². The lowest BCUT2D eigenvalue weighted by atomic mass is 10.1. The Labute approximate surface area is 148 Å². The second-order valence-electron chi connectivity index (χ2n) is 5.53. The third kappa shape index (κ3) is 3.84. The van der Waals surface area contributed by atoms with Crippen LogP contribution < -0.4 is 9.47 Å². The standard InChI is InChI=1S/C17H18BrN3O3/c1-23-12-4-5-15(18)14(9-12)17(22)21-8-2-3-13(10-21)24-16-6-7-19-11-20-16/h4-7,9,11,13H,2-3,8,10H2,1H3/t13-/m0/s1. The molecule has 126 valence electrons. The van der Waals surface area contributed by atoms with Gasteiger partial charge in [-0.3, -0.25) is 4.79 Å². The van der Waals surface area contributed by atoms with Crippen LogP contribution in [-0.4, -0.2) is 47.1 Å². The highest BCUT2D eigenvalue weighted by atomic mass is 79.9. The quantitative estimate of drug-likeness (QED) is 0.801. The van der Waals surface area contributed by atoms with Crippen molar-refractivity contribution in [3.63, 3.8) is 0 Å². The maximum Gasteiger partial charge on any atom is 0.255 e. The van der Waals surface area contributed by atoms with E-state index >= 15 is 0 Å². The molecule has 1 saturated heterocycles. The van der Waals surface area contributed by atoms with Crippen molar-refractivity contribution in [1.29, 1.82) is 0 Å². The first-order chi connectivity index (χ1) is 11.7. The molecule has 2 aromatic rings. The van der Waals surface area contributed by atoms with Crippen LogP contribution in [0.2, 0.25) is 0 Å². The molecule has 7 heteroatoms. The second-order valence-corrected chi connectivity index (χ2v) is 6.38. The summed E-state index contributed by atoms with van der Waals surface area (Å²) >= 11 is 3.44. The van der Waals surface area contributed by atoms with Crippen LogP contribution in [0.5, 0.6) is 11.6 Å². The molecule has 1 aliphatic heterocycles. The number of methoxy groups -OCH3 is 1. The Morgan fingerprint density at radius 3 is 3.00 bits per heavy atom. The fourth-order valence-corrected chi connectivity index (χ4v) is 3.12. The molecule has 0 aliphatic carbocycles. The van der Waals surface area contributed by atoms with Crippen molar-refractivity contribution in [3.8, 4) is 11.6 Å². The van der Waals surface area contributed by atoms with Gasteiger partial charge in [-0.1, -0.05) is 0 Å². The van der Waals surface area contributed by atoms with Gasteiger partial charge in [0, 0.05) is 23.3 Å². The zero-order chi connectivity index (χ0) is 16.9. The SMILES string of the molecule is COc1ccc(Br)c(C(=O)N2CCC[C@H](Oc3ccncn3)C2)c1. The number of benzene rings is 1. The second kappa shape index (κ2) is 7.61. The molecule has 0 radical (unpaired) electrons. The largest absolute Gasteiger partial charge is 0.497 e. The molecule has 2 heterocycles. The van der Waals surface area contributed by atoms with Crippen LogP contribution in [0.15, 0.2) is 41.3 Å². The number of likely N-dealkylation sites (tertiary alicyclic amines) is 1. The number of hydrogen-bond donors (Lipinski definition) is 0. The van der Waals surface area contributed by atoms with Gasteiger partial charge in [-0.05, 0) is 47.0 Å². The van der Waals surface area contributed by atoms with Crippen molar-refractivity contribution in [2.75, 3.05) is 20.2 Å². The molecule has 0 spiro atoms. The van der Waals surface area contributed by atoms with Gasteiger partial charge in [-0.15, -0.1) is 0 Å². The normalized spacial score (nSPS) is 17.4. The summed E-state index contributed by atoms with van der Waals surface area (Å²) in [6.07, 6.45) is 4.81. The minimum Gasteiger partial charge on any atom is -0.497 e. The molecule has 1 aromatic heterocycles. The van der Waals surface area contributed by atoms with Crippen LogP contribution in [0.1, 0.15) is 23.2 Å². The van der Waals surface area contributed by atoms with E-state index in [1.165, 1.54) is 6.33 Å². The molecule has 1 aromatic carbocycles. The van der Waals surface area contributed by atoms with Crippen molar-refractivity contribution in [2.45, 2.75) is 18.9 Å². The van der Waals surface area contributed by atoms with E-state index in [0.717, 1.165) is 17.3 Å². The van der Waals surface area contributed by atoms with E-state index in [4.69, 9.17) is 9.47 Å². The lowest BCUT2D eigenvalue weighted by molar-refractivity contribution is 0.0526. The molecule has 1 fully saturated rings. The number of carbonyl (C=O) groups is 1. The average Bonchev–Trinajstić information content (AvgIpc) is 2.63. The molecule has 0 saturated carbocycles. The number of hydrogen-bond acceptors (Lipinski definition) is 5. The smallest absolute Gasteiger partial charge is 0.255 e. The van der Waals surface area contributed by atoms with Gasteiger partial charge in [0.1, 0.15) is 18.2 Å². The van der Waals surface area contributed by atoms with Gasteiger partial charge in [-0.25, -0.2) is 9.97 Å². The Balaban J connectivity index is 1.71. The molecule has 24 heavy (non-hydrogen) atoms. The van der Waals surface area contributed by atoms with Gasteiger partial charge >= 0.3 is 0 Å². The lowest BCUT2D eigenvalue weighted by Crippen LogP contribution is -2.44. The summed E-state index contributed by atoms with van der Waals surface area (Å²) in [6.45, 7) is 1.25. The summed E-state index contributed by atoms with van der Waals surface area (Å²) in [6, 6.07) is 7.11. The van der Waals surface area contributed by atoms with Crippen molar-refractivity contribution in [2.24, 2.45) is 0 Å². The summed E-state index contributed by atoms with van der Waals surface area (Å²) in [4.78, 5) is 22.6. The third-order valence-electron chi connectivity index (χ3n) is 3.91. The van der Waals surface area contributed by atoms with Crippen molar-refractivity contribution in [1.82, 2.24) is 14.9 Å². The maximum absolute atomic E-state index is 12.8. The highest BCUT2D eigenvalue weighted by Gasteiger charge is 2.27. The topological polar surface area (TPSA) is 64.5 Å². The highest BCUT2D eigenvalue weighted by molar-refractivity contribution is 9.10. The number of carbonyl (C=O) groups excluding carboxylic acids is 1. The molecular weight excluding hydrogens is 374 g/mol. The van der Waals surface area contributed by atoms with Crippen molar-refractivity contribution in [3.05, 3.63) is 46.8 Å². The Hall–Kier alpha value is -2.15. The van der Waals surface area contributed by atoms with Gasteiger partial charge < -0.3 is 14.4 Å². The summed E-state index contributed by atoms with van der Waals surface area (Å²) in [5.74, 6) is 1.16.